The maximum absolute atomic E-state index is 6.65. The van der Waals surface area contributed by atoms with E-state index in [-0.39, 0.29) is 29.1 Å². The zero-order chi connectivity index (χ0) is 4.99. The molecule has 0 heterocycles. The van der Waals surface area contributed by atoms with E-state index in [9.17, 15) is 0 Å². The Morgan fingerprint density at radius 3 is 2.29 bits per heavy atom. The molecule has 0 saturated heterocycles. The minimum Gasteiger partial charge on any atom is -0.366 e. The van der Waals surface area contributed by atoms with Gasteiger partial charge in [0, 0.05) is 6.54 Å². The fourth-order valence-corrected chi connectivity index (χ4v) is 0.326. The molecule has 0 aliphatic rings. The fraction of sp³-hybridized carbons (Fsp3) is 0.667. The van der Waals surface area contributed by atoms with Gasteiger partial charge in [0.2, 0.25) is 0 Å². The molecule has 0 fully saturated rings. The van der Waals surface area contributed by atoms with Crippen LogP contribution in [0, 0.1) is 5.41 Å². The van der Waals surface area contributed by atoms with E-state index < -0.39 is 0 Å². The third-order valence-corrected chi connectivity index (χ3v) is 0.502. The highest BCUT2D eigenvalue weighted by molar-refractivity contribution is 14.0. The molecule has 44 valence electrons. The highest BCUT2D eigenvalue weighted by Crippen LogP contribution is 1.67. The van der Waals surface area contributed by atoms with Gasteiger partial charge in [-0.2, -0.15) is 0 Å². The molecule has 0 amide bonds. The van der Waals surface area contributed by atoms with E-state index in [1.54, 1.807) is 0 Å². The highest BCUT2D eigenvalue weighted by atomic mass is 127. The first-order valence-electron chi connectivity index (χ1n) is 1.78. The second kappa shape index (κ2) is 6.55. The van der Waals surface area contributed by atoms with Crippen molar-refractivity contribution in [1.82, 2.24) is 5.32 Å². The van der Waals surface area contributed by atoms with Crippen LogP contribution in [0.25, 0.3) is 0 Å². The molecule has 0 aromatic carbocycles. The molecule has 0 aliphatic carbocycles. The quantitative estimate of drug-likeness (QED) is 0.269. The monoisotopic (exact) mass is 232 g/mol. The zero-order valence-corrected chi connectivity index (χ0v) is 7.29. The van der Waals surface area contributed by atoms with Gasteiger partial charge in [0.15, 0.2) is 5.17 Å². The summed E-state index contributed by atoms with van der Waals surface area (Å²) in [6, 6.07) is 0. The second-order valence-electron chi connectivity index (χ2n) is 0.879. The molecule has 0 atom stereocenters. The Kier molecular flexibility index (Phi) is 9.84. The lowest BCUT2D eigenvalue weighted by molar-refractivity contribution is 0.976. The van der Waals surface area contributed by atoms with Gasteiger partial charge in [0.1, 0.15) is 0 Å². The largest absolute Gasteiger partial charge is 0.366 e. The molecule has 2 N–H and O–H groups in total. The molecule has 2 nitrogen and oxygen atoms in total. The van der Waals surface area contributed by atoms with E-state index in [0.717, 1.165) is 6.54 Å². The summed E-state index contributed by atoms with van der Waals surface area (Å²) in [6.45, 7) is 2.70. The fourth-order valence-electron chi connectivity index (χ4n) is 0.167. The summed E-state index contributed by atoms with van der Waals surface area (Å²) >= 11 is 3.65. The van der Waals surface area contributed by atoms with Crippen LogP contribution in [-0.2, 0) is 0 Å². The van der Waals surface area contributed by atoms with E-state index in [2.05, 4.69) is 17.9 Å². The smallest absolute Gasteiger partial charge is 0.150 e. The Bertz CT molecular complexity index is 56.9. The minimum atomic E-state index is 0. The Balaban J connectivity index is 0. The Morgan fingerprint density at radius 1 is 1.86 bits per heavy atom. The highest BCUT2D eigenvalue weighted by Gasteiger charge is 1.74. The maximum atomic E-state index is 6.65. The summed E-state index contributed by atoms with van der Waals surface area (Å²) in [7, 11) is 0. The van der Waals surface area contributed by atoms with Crippen LogP contribution in [0.1, 0.15) is 6.92 Å². The summed E-state index contributed by atoms with van der Waals surface area (Å²) in [5.41, 5.74) is 0. The lowest BCUT2D eigenvalue weighted by atomic mass is 10.8. The lowest BCUT2D eigenvalue weighted by Crippen LogP contribution is -2.15. The molecule has 0 saturated carbocycles. The van der Waals surface area contributed by atoms with Crippen LogP contribution < -0.4 is 5.32 Å². The van der Waals surface area contributed by atoms with E-state index in [4.69, 9.17) is 5.41 Å². The van der Waals surface area contributed by atoms with Crippen LogP contribution in [0.5, 0.6) is 0 Å². The number of hydrogen-bond donors (Lipinski definition) is 3. The topological polar surface area (TPSA) is 35.9 Å². The predicted octanol–water partition coefficient (Wildman–Crippen LogP) is 1.08. The predicted molar refractivity (Wildman–Crippen MR) is 45.8 cm³/mol. The van der Waals surface area contributed by atoms with Crippen molar-refractivity contribution < 1.29 is 0 Å². The summed E-state index contributed by atoms with van der Waals surface area (Å²) in [5.74, 6) is 0. The van der Waals surface area contributed by atoms with Crippen molar-refractivity contribution in [3.63, 3.8) is 0 Å². The third-order valence-electron chi connectivity index (χ3n) is 0.344. The van der Waals surface area contributed by atoms with E-state index in [0.29, 0.717) is 0 Å². The van der Waals surface area contributed by atoms with Crippen LogP contribution in [-0.4, -0.2) is 11.7 Å². The number of thiol groups is 1. The molecular formula is C3H9IN2S. The first-order chi connectivity index (χ1) is 2.77. The van der Waals surface area contributed by atoms with Crippen molar-refractivity contribution >= 4 is 41.8 Å². The van der Waals surface area contributed by atoms with Crippen LogP contribution in [0.3, 0.4) is 0 Å². The molecule has 0 radical (unpaired) electrons. The normalized spacial score (nSPS) is 6.57. The number of nitrogens with one attached hydrogen (secondary N) is 2. The molecule has 0 unspecified atom stereocenters. The Labute approximate surface area is 66.0 Å². The molecule has 0 aliphatic heterocycles. The van der Waals surface area contributed by atoms with Crippen LogP contribution in [0.15, 0.2) is 0 Å². The van der Waals surface area contributed by atoms with E-state index >= 15 is 0 Å². The molecule has 0 spiro atoms. The van der Waals surface area contributed by atoms with Gasteiger partial charge in [0.05, 0.1) is 0 Å². The van der Waals surface area contributed by atoms with Crippen molar-refractivity contribution in [2.45, 2.75) is 6.92 Å². The first kappa shape index (κ1) is 10.5. The van der Waals surface area contributed by atoms with Gasteiger partial charge in [-0.05, 0) is 6.92 Å². The summed E-state index contributed by atoms with van der Waals surface area (Å²) < 4.78 is 0. The molecule has 0 rings (SSSR count). The van der Waals surface area contributed by atoms with Gasteiger partial charge >= 0.3 is 0 Å². The van der Waals surface area contributed by atoms with Crippen molar-refractivity contribution in [3.8, 4) is 0 Å². The van der Waals surface area contributed by atoms with Crippen molar-refractivity contribution in [2.24, 2.45) is 0 Å². The first-order valence-corrected chi connectivity index (χ1v) is 2.23. The zero-order valence-electron chi connectivity index (χ0n) is 4.06. The Morgan fingerprint density at radius 2 is 2.29 bits per heavy atom. The van der Waals surface area contributed by atoms with Crippen LogP contribution in [0.4, 0.5) is 0 Å². The standard InChI is InChI=1S/C3H8N2S.HI/c1-2-5-3(4)6;/h2H2,1H3,(H3,4,5,6);1H. The maximum Gasteiger partial charge on any atom is 0.150 e. The van der Waals surface area contributed by atoms with Gasteiger partial charge in [0.25, 0.3) is 0 Å². The Hall–Kier alpha value is 0.550. The number of rotatable bonds is 1. The van der Waals surface area contributed by atoms with E-state index in [1.807, 2.05) is 6.92 Å². The number of hydrogen-bond acceptors (Lipinski definition) is 1. The molecule has 0 aromatic heterocycles. The van der Waals surface area contributed by atoms with Crippen LogP contribution >= 0.6 is 36.6 Å². The third kappa shape index (κ3) is 10.8. The van der Waals surface area contributed by atoms with Gasteiger partial charge in [-0.25, -0.2) is 0 Å². The SMILES string of the molecule is CCNC(=N)S.I. The minimum absolute atomic E-state index is 0. The summed E-state index contributed by atoms with van der Waals surface area (Å²) in [6.07, 6.45) is 0. The molecule has 7 heavy (non-hydrogen) atoms. The average Bonchev–Trinajstić information content (AvgIpc) is 1.35. The van der Waals surface area contributed by atoms with Crippen molar-refractivity contribution in [1.29, 1.82) is 5.41 Å². The summed E-state index contributed by atoms with van der Waals surface area (Å²) in [4.78, 5) is 0. The van der Waals surface area contributed by atoms with Crippen molar-refractivity contribution in [3.05, 3.63) is 0 Å². The molecular weight excluding hydrogens is 223 g/mol. The van der Waals surface area contributed by atoms with Gasteiger partial charge in [-0.3, -0.25) is 5.41 Å². The lowest BCUT2D eigenvalue weighted by Gasteiger charge is -1.91. The molecule has 0 aromatic rings. The number of halogens is 1. The average molecular weight is 232 g/mol. The van der Waals surface area contributed by atoms with Crippen molar-refractivity contribution in [2.75, 3.05) is 6.54 Å². The second-order valence-corrected chi connectivity index (χ2v) is 1.33. The van der Waals surface area contributed by atoms with Crippen LogP contribution in [0.2, 0.25) is 0 Å². The molecule has 0 bridgehead atoms. The van der Waals surface area contributed by atoms with Gasteiger partial charge in [-0.1, -0.05) is 0 Å². The van der Waals surface area contributed by atoms with E-state index in [1.165, 1.54) is 0 Å². The number of amidine groups is 1. The van der Waals surface area contributed by atoms with Gasteiger partial charge in [-0.15, -0.1) is 36.6 Å². The molecule has 4 heteroatoms. The summed E-state index contributed by atoms with van der Waals surface area (Å²) in [5, 5.41) is 9.54. The van der Waals surface area contributed by atoms with Gasteiger partial charge < -0.3 is 5.32 Å².